The summed E-state index contributed by atoms with van der Waals surface area (Å²) in [4.78, 5) is 17.4. The summed E-state index contributed by atoms with van der Waals surface area (Å²) in [6.45, 7) is 3.59. The van der Waals surface area contributed by atoms with Gasteiger partial charge >= 0.3 is 0 Å². The number of carbonyl (C=O) groups is 1. The number of fused-ring (bicyclic) bond motifs is 3. The molecule has 2 aliphatic rings. The molecule has 2 fully saturated rings. The van der Waals surface area contributed by atoms with E-state index in [1.165, 1.54) is 18.3 Å². The van der Waals surface area contributed by atoms with Crippen LogP contribution in [0.4, 0.5) is 4.39 Å². The molecule has 1 amide bonds. The van der Waals surface area contributed by atoms with E-state index in [0.29, 0.717) is 42.5 Å². The number of aromatic nitrogens is 2. The standard InChI is InChI=1S/C18H21FN4O2/c1-22-7-12-8-23(15(9-22)11-25-10-12)18(24)16-6-20-21-17(16)13-3-2-4-14(19)5-13/h2-6,12,15H,7-11H2,1H3,(H,20,21)/t12-,15-/m0/s1. The number of nitrogens with zero attached hydrogens (tertiary/aromatic N) is 3. The third kappa shape index (κ3) is 3.17. The Bertz CT molecular complexity index is 778. The van der Waals surface area contributed by atoms with Crippen molar-refractivity contribution in [2.45, 2.75) is 6.04 Å². The molecule has 0 saturated carbocycles. The second kappa shape index (κ2) is 6.57. The second-order valence-electron chi connectivity index (χ2n) is 6.91. The molecular weight excluding hydrogens is 323 g/mol. The van der Waals surface area contributed by atoms with Crippen LogP contribution in [0.25, 0.3) is 11.3 Å². The van der Waals surface area contributed by atoms with Crippen LogP contribution in [0.3, 0.4) is 0 Å². The first-order chi connectivity index (χ1) is 12.1. The number of hydrogen-bond donors (Lipinski definition) is 1. The summed E-state index contributed by atoms with van der Waals surface area (Å²) in [5.74, 6) is -0.124. The number of ether oxygens (including phenoxy) is 1. The number of aromatic amines is 1. The van der Waals surface area contributed by atoms with Crippen molar-refractivity contribution < 1.29 is 13.9 Å². The van der Waals surface area contributed by atoms with E-state index in [1.807, 2.05) is 4.90 Å². The molecule has 0 aliphatic carbocycles. The van der Waals surface area contributed by atoms with E-state index in [1.54, 1.807) is 12.1 Å². The number of halogens is 1. The van der Waals surface area contributed by atoms with E-state index in [4.69, 9.17) is 4.74 Å². The Morgan fingerprint density at radius 1 is 1.32 bits per heavy atom. The summed E-state index contributed by atoms with van der Waals surface area (Å²) in [7, 11) is 2.08. The first-order valence-corrected chi connectivity index (χ1v) is 8.48. The number of hydrogen-bond acceptors (Lipinski definition) is 4. The summed E-state index contributed by atoms with van der Waals surface area (Å²) < 4.78 is 19.3. The summed E-state index contributed by atoms with van der Waals surface area (Å²) in [5.41, 5.74) is 1.64. The van der Waals surface area contributed by atoms with E-state index >= 15 is 0 Å². The molecule has 6 nitrogen and oxygen atoms in total. The fourth-order valence-corrected chi connectivity index (χ4v) is 3.79. The largest absolute Gasteiger partial charge is 0.379 e. The van der Waals surface area contributed by atoms with Gasteiger partial charge in [0.1, 0.15) is 5.82 Å². The molecule has 0 unspecified atom stereocenters. The molecule has 2 bridgehead atoms. The van der Waals surface area contributed by atoms with Gasteiger partial charge in [0.15, 0.2) is 0 Å². The zero-order valence-electron chi connectivity index (χ0n) is 14.1. The van der Waals surface area contributed by atoms with Crippen LogP contribution in [0.2, 0.25) is 0 Å². The lowest BCUT2D eigenvalue weighted by atomic mass is 10.1. The Labute approximate surface area is 145 Å². The highest BCUT2D eigenvalue weighted by Crippen LogP contribution is 2.26. The SMILES string of the molecule is CN1C[C@@H]2COC[C@H](C1)N(C(=O)c1cn[nH]c1-c1cccc(F)c1)C2. The van der Waals surface area contributed by atoms with Gasteiger partial charge in [-0.1, -0.05) is 12.1 Å². The van der Waals surface area contributed by atoms with Crippen LogP contribution in [0.5, 0.6) is 0 Å². The molecule has 1 N–H and O–H groups in total. The smallest absolute Gasteiger partial charge is 0.258 e. The minimum Gasteiger partial charge on any atom is -0.379 e. The van der Waals surface area contributed by atoms with E-state index < -0.39 is 0 Å². The van der Waals surface area contributed by atoms with Crippen molar-refractivity contribution in [3.8, 4) is 11.3 Å². The van der Waals surface area contributed by atoms with Crippen LogP contribution in [0, 0.1) is 11.7 Å². The van der Waals surface area contributed by atoms with Crippen LogP contribution in [0.1, 0.15) is 10.4 Å². The Hall–Kier alpha value is -2.25. The molecule has 25 heavy (non-hydrogen) atoms. The molecular formula is C18H21FN4O2. The number of rotatable bonds is 2. The molecule has 1 aromatic heterocycles. The summed E-state index contributed by atoms with van der Waals surface area (Å²) in [6.07, 6.45) is 1.53. The molecule has 0 spiro atoms. The van der Waals surface area contributed by atoms with Gasteiger partial charge in [-0.3, -0.25) is 9.89 Å². The minimum absolute atomic E-state index is 0.0141. The molecule has 132 valence electrons. The topological polar surface area (TPSA) is 61.5 Å². The van der Waals surface area contributed by atoms with E-state index in [0.717, 1.165) is 13.1 Å². The minimum atomic E-state index is -0.342. The van der Waals surface area contributed by atoms with Crippen molar-refractivity contribution in [2.75, 3.05) is 39.9 Å². The van der Waals surface area contributed by atoms with Gasteiger partial charge in [-0.2, -0.15) is 5.10 Å². The predicted molar refractivity (Wildman–Crippen MR) is 90.6 cm³/mol. The van der Waals surface area contributed by atoms with Crippen LogP contribution in [0.15, 0.2) is 30.5 Å². The lowest BCUT2D eigenvalue weighted by Crippen LogP contribution is -2.46. The van der Waals surface area contributed by atoms with Crippen molar-refractivity contribution in [2.24, 2.45) is 5.92 Å². The molecule has 7 heteroatoms. The molecule has 2 saturated heterocycles. The van der Waals surface area contributed by atoms with Gasteiger partial charge in [0, 0.05) is 31.1 Å². The fraction of sp³-hybridized carbons (Fsp3) is 0.444. The molecule has 2 atom stereocenters. The van der Waals surface area contributed by atoms with Crippen molar-refractivity contribution in [1.82, 2.24) is 20.0 Å². The number of likely N-dealkylation sites (N-methyl/N-ethyl adjacent to an activating group) is 1. The highest BCUT2D eigenvalue weighted by atomic mass is 19.1. The van der Waals surface area contributed by atoms with Crippen molar-refractivity contribution in [3.05, 3.63) is 41.8 Å². The highest BCUT2D eigenvalue weighted by Gasteiger charge is 2.36. The summed E-state index contributed by atoms with van der Waals surface area (Å²) in [6, 6.07) is 6.20. The molecule has 2 aromatic rings. The van der Waals surface area contributed by atoms with Gasteiger partial charge in [-0.15, -0.1) is 0 Å². The second-order valence-corrected chi connectivity index (χ2v) is 6.91. The number of nitrogens with one attached hydrogen (secondary N) is 1. The van der Waals surface area contributed by atoms with Gasteiger partial charge in [0.25, 0.3) is 5.91 Å². The quantitative estimate of drug-likeness (QED) is 0.899. The Kier molecular flexibility index (Phi) is 4.27. The first kappa shape index (κ1) is 16.2. The van der Waals surface area contributed by atoms with Gasteiger partial charge in [0.2, 0.25) is 0 Å². The average Bonchev–Trinajstić information content (AvgIpc) is 2.91. The predicted octanol–water partition coefficient (Wildman–Crippen LogP) is 1.62. The summed E-state index contributed by atoms with van der Waals surface area (Å²) in [5, 5.41) is 6.88. The van der Waals surface area contributed by atoms with Gasteiger partial charge in [0.05, 0.1) is 36.7 Å². The maximum Gasteiger partial charge on any atom is 0.258 e. The Balaban J connectivity index is 1.67. The van der Waals surface area contributed by atoms with Crippen molar-refractivity contribution in [3.63, 3.8) is 0 Å². The van der Waals surface area contributed by atoms with E-state index in [2.05, 4.69) is 22.1 Å². The first-order valence-electron chi connectivity index (χ1n) is 8.48. The zero-order valence-corrected chi connectivity index (χ0v) is 14.1. The lowest BCUT2D eigenvalue weighted by Gasteiger charge is -2.29. The summed E-state index contributed by atoms with van der Waals surface area (Å²) >= 11 is 0. The monoisotopic (exact) mass is 344 g/mol. The Morgan fingerprint density at radius 3 is 3.04 bits per heavy atom. The van der Waals surface area contributed by atoms with Gasteiger partial charge < -0.3 is 14.5 Å². The van der Waals surface area contributed by atoms with Crippen LogP contribution < -0.4 is 0 Å². The normalized spacial score (nSPS) is 24.2. The van der Waals surface area contributed by atoms with E-state index in [-0.39, 0.29) is 17.8 Å². The van der Waals surface area contributed by atoms with Crippen LogP contribution in [-0.4, -0.2) is 71.8 Å². The highest BCUT2D eigenvalue weighted by molar-refractivity contribution is 6.00. The van der Waals surface area contributed by atoms with Crippen LogP contribution >= 0.6 is 0 Å². The van der Waals surface area contributed by atoms with Crippen LogP contribution in [-0.2, 0) is 4.74 Å². The lowest BCUT2D eigenvalue weighted by molar-refractivity contribution is 0.0484. The number of benzene rings is 1. The van der Waals surface area contributed by atoms with E-state index in [9.17, 15) is 9.18 Å². The third-order valence-corrected chi connectivity index (χ3v) is 4.90. The molecule has 0 radical (unpaired) electrons. The number of amides is 1. The molecule has 4 rings (SSSR count). The maximum absolute atomic E-state index is 13.6. The van der Waals surface area contributed by atoms with Crippen molar-refractivity contribution in [1.29, 1.82) is 0 Å². The number of carbonyl (C=O) groups excluding carboxylic acids is 1. The Morgan fingerprint density at radius 2 is 2.20 bits per heavy atom. The number of H-pyrrole nitrogens is 1. The maximum atomic E-state index is 13.6. The van der Waals surface area contributed by atoms with Crippen molar-refractivity contribution >= 4 is 5.91 Å². The third-order valence-electron chi connectivity index (χ3n) is 4.90. The van der Waals surface area contributed by atoms with Gasteiger partial charge in [-0.25, -0.2) is 4.39 Å². The molecule has 3 heterocycles. The zero-order chi connectivity index (χ0) is 17.4. The average molecular weight is 344 g/mol. The molecule has 1 aromatic carbocycles. The fourth-order valence-electron chi connectivity index (χ4n) is 3.79. The van der Waals surface area contributed by atoms with Gasteiger partial charge in [-0.05, 0) is 19.2 Å². The molecule has 2 aliphatic heterocycles.